The van der Waals surface area contributed by atoms with E-state index in [0.29, 0.717) is 23.7 Å². The maximum Gasteiger partial charge on any atom is 0.338 e. The smallest absolute Gasteiger partial charge is 0.338 e. The van der Waals surface area contributed by atoms with Crippen molar-refractivity contribution in [1.29, 1.82) is 0 Å². The molecule has 0 saturated heterocycles. The van der Waals surface area contributed by atoms with Crippen molar-refractivity contribution >= 4 is 28.3 Å². The first-order valence-corrected chi connectivity index (χ1v) is 7.13. The minimum absolute atomic E-state index is 0.173. The van der Waals surface area contributed by atoms with Crippen LogP contribution in [0.25, 0.3) is 0 Å². The third kappa shape index (κ3) is 3.60. The molecule has 0 saturated carbocycles. The summed E-state index contributed by atoms with van der Waals surface area (Å²) >= 11 is 1.28. The monoisotopic (exact) mass is 296 g/mol. The third-order valence-electron chi connectivity index (χ3n) is 2.95. The number of likely N-dealkylation sites (N-methyl/N-ethyl adjacent to an activating group) is 1. The van der Waals surface area contributed by atoms with Crippen molar-refractivity contribution in [2.75, 3.05) is 18.4 Å². The average Bonchev–Trinajstić information content (AvgIpc) is 2.61. The first kappa shape index (κ1) is 16.2. The predicted molar refractivity (Wildman–Crippen MR) is 81.8 cm³/mol. The molecule has 0 aliphatic rings. The summed E-state index contributed by atoms with van der Waals surface area (Å²) in [4.78, 5) is 25.9. The van der Waals surface area contributed by atoms with E-state index in [1.54, 1.807) is 11.8 Å². The molecule has 0 spiro atoms. The van der Waals surface area contributed by atoms with Crippen LogP contribution in [0, 0.1) is 13.8 Å². The number of carbonyl (C=O) groups excluding carboxylic acids is 1. The number of carbonyl (C=O) groups is 2. The zero-order valence-electron chi connectivity index (χ0n) is 12.2. The highest BCUT2D eigenvalue weighted by molar-refractivity contribution is 7.16. The molecular weight excluding hydrogens is 276 g/mol. The minimum Gasteiger partial charge on any atom is -0.478 e. The van der Waals surface area contributed by atoms with Crippen molar-refractivity contribution in [2.45, 2.75) is 27.7 Å². The number of amides is 2. The summed E-state index contributed by atoms with van der Waals surface area (Å²) in [6.07, 6.45) is 0. The standard InChI is InChI=1S/C14H20N2O3S/c1-6-16(7-8(2)3)14(19)15-12-11(13(17)18)9(4)10(5)20-12/h2,6-7H2,1,3-5H3,(H,15,19)(H,17,18). The first-order chi connectivity index (χ1) is 9.27. The maximum absolute atomic E-state index is 12.2. The molecule has 2 amide bonds. The molecule has 2 N–H and O–H groups in total. The quantitative estimate of drug-likeness (QED) is 0.817. The van der Waals surface area contributed by atoms with E-state index in [0.717, 1.165) is 10.5 Å². The number of carboxylic acids is 1. The minimum atomic E-state index is -1.02. The van der Waals surface area contributed by atoms with Crippen molar-refractivity contribution in [3.8, 4) is 0 Å². The molecule has 0 aliphatic carbocycles. The zero-order chi connectivity index (χ0) is 15.4. The summed E-state index contributed by atoms with van der Waals surface area (Å²) in [7, 11) is 0. The summed E-state index contributed by atoms with van der Waals surface area (Å²) in [5.41, 5.74) is 1.74. The number of aryl methyl sites for hydroxylation is 1. The van der Waals surface area contributed by atoms with Crippen molar-refractivity contribution in [3.05, 3.63) is 28.2 Å². The summed E-state index contributed by atoms with van der Waals surface area (Å²) in [6.45, 7) is 12.1. The molecular formula is C14H20N2O3S. The SMILES string of the molecule is C=C(C)CN(CC)C(=O)Nc1sc(C)c(C)c1C(=O)O. The Balaban J connectivity index is 2.98. The van der Waals surface area contributed by atoms with Crippen LogP contribution in [0.15, 0.2) is 12.2 Å². The molecule has 1 aromatic heterocycles. The number of hydrogen-bond donors (Lipinski definition) is 2. The van der Waals surface area contributed by atoms with E-state index in [-0.39, 0.29) is 11.6 Å². The van der Waals surface area contributed by atoms with Gasteiger partial charge in [0.25, 0.3) is 0 Å². The Morgan fingerprint density at radius 2 is 2.00 bits per heavy atom. The predicted octanol–water partition coefficient (Wildman–Crippen LogP) is 3.49. The molecule has 20 heavy (non-hydrogen) atoms. The molecule has 1 rings (SSSR count). The van der Waals surface area contributed by atoms with Crippen molar-refractivity contribution in [2.24, 2.45) is 0 Å². The molecule has 0 aromatic carbocycles. The summed E-state index contributed by atoms with van der Waals surface area (Å²) in [5.74, 6) is -1.02. The van der Waals surface area contributed by atoms with Gasteiger partial charge in [0.2, 0.25) is 0 Å². The lowest BCUT2D eigenvalue weighted by molar-refractivity contribution is 0.0697. The zero-order valence-corrected chi connectivity index (χ0v) is 13.1. The van der Waals surface area contributed by atoms with Gasteiger partial charge in [0.1, 0.15) is 5.00 Å². The van der Waals surface area contributed by atoms with E-state index >= 15 is 0 Å². The third-order valence-corrected chi connectivity index (χ3v) is 4.07. The Morgan fingerprint density at radius 3 is 2.45 bits per heavy atom. The van der Waals surface area contributed by atoms with E-state index in [9.17, 15) is 14.7 Å². The molecule has 6 heteroatoms. The van der Waals surface area contributed by atoms with Gasteiger partial charge in [0.05, 0.1) is 5.56 Å². The van der Waals surface area contributed by atoms with Crippen LogP contribution in [-0.4, -0.2) is 35.1 Å². The summed E-state index contributed by atoms with van der Waals surface area (Å²) < 4.78 is 0. The second-order valence-electron chi connectivity index (χ2n) is 4.69. The lowest BCUT2D eigenvalue weighted by Gasteiger charge is -2.21. The second-order valence-corrected chi connectivity index (χ2v) is 5.92. The molecule has 5 nitrogen and oxygen atoms in total. The molecule has 0 atom stereocenters. The van der Waals surface area contributed by atoms with Gasteiger partial charge in [-0.1, -0.05) is 12.2 Å². The average molecular weight is 296 g/mol. The van der Waals surface area contributed by atoms with E-state index in [4.69, 9.17) is 0 Å². The topological polar surface area (TPSA) is 69.6 Å². The summed E-state index contributed by atoms with van der Waals surface area (Å²) in [6, 6.07) is -0.306. The molecule has 0 unspecified atom stereocenters. The molecule has 0 radical (unpaired) electrons. The number of carboxylic acid groups (broad SMARTS) is 1. The van der Waals surface area contributed by atoms with Crippen LogP contribution in [0.1, 0.15) is 34.6 Å². The van der Waals surface area contributed by atoms with E-state index in [2.05, 4.69) is 11.9 Å². The first-order valence-electron chi connectivity index (χ1n) is 6.31. The number of nitrogens with one attached hydrogen (secondary N) is 1. The van der Waals surface area contributed by atoms with Gasteiger partial charge in [-0.2, -0.15) is 0 Å². The van der Waals surface area contributed by atoms with Crippen molar-refractivity contribution < 1.29 is 14.7 Å². The van der Waals surface area contributed by atoms with Gasteiger partial charge in [-0.15, -0.1) is 11.3 Å². The van der Waals surface area contributed by atoms with Crippen LogP contribution in [0.4, 0.5) is 9.80 Å². The Bertz CT molecular complexity index is 549. The number of anilines is 1. The number of urea groups is 1. The summed E-state index contributed by atoms with van der Waals surface area (Å²) in [5, 5.41) is 12.3. The van der Waals surface area contributed by atoms with Crippen molar-refractivity contribution in [1.82, 2.24) is 4.90 Å². The van der Waals surface area contributed by atoms with Crippen LogP contribution >= 0.6 is 11.3 Å². The molecule has 110 valence electrons. The van der Waals surface area contributed by atoms with Crippen LogP contribution in [0.2, 0.25) is 0 Å². The highest BCUT2D eigenvalue weighted by atomic mass is 32.1. The van der Waals surface area contributed by atoms with Gasteiger partial charge in [-0.3, -0.25) is 5.32 Å². The van der Waals surface area contributed by atoms with Crippen LogP contribution in [0.5, 0.6) is 0 Å². The molecule has 1 heterocycles. The molecule has 0 bridgehead atoms. The fourth-order valence-electron chi connectivity index (χ4n) is 1.80. The van der Waals surface area contributed by atoms with E-state index in [1.807, 2.05) is 20.8 Å². The van der Waals surface area contributed by atoms with Gasteiger partial charge < -0.3 is 10.0 Å². The highest BCUT2D eigenvalue weighted by Gasteiger charge is 2.21. The van der Waals surface area contributed by atoms with Gasteiger partial charge in [0.15, 0.2) is 0 Å². The van der Waals surface area contributed by atoms with Crippen molar-refractivity contribution in [3.63, 3.8) is 0 Å². The number of aromatic carboxylic acids is 1. The Hall–Kier alpha value is -1.82. The lowest BCUT2D eigenvalue weighted by atomic mass is 10.1. The van der Waals surface area contributed by atoms with Crippen LogP contribution in [-0.2, 0) is 0 Å². The van der Waals surface area contributed by atoms with E-state index < -0.39 is 5.97 Å². The van der Waals surface area contributed by atoms with Crippen LogP contribution in [0.3, 0.4) is 0 Å². The molecule has 0 fully saturated rings. The number of hydrogen-bond acceptors (Lipinski definition) is 3. The maximum atomic E-state index is 12.2. The van der Waals surface area contributed by atoms with Gasteiger partial charge in [0, 0.05) is 18.0 Å². The highest BCUT2D eigenvalue weighted by Crippen LogP contribution is 2.32. The molecule has 1 aromatic rings. The Labute approximate surface area is 122 Å². The van der Waals surface area contributed by atoms with Gasteiger partial charge in [-0.05, 0) is 33.3 Å². The van der Waals surface area contributed by atoms with E-state index in [1.165, 1.54) is 11.3 Å². The lowest BCUT2D eigenvalue weighted by Crippen LogP contribution is -2.36. The van der Waals surface area contributed by atoms with Gasteiger partial charge in [-0.25, -0.2) is 9.59 Å². The fraction of sp³-hybridized carbons (Fsp3) is 0.429. The normalized spacial score (nSPS) is 10.2. The number of rotatable bonds is 5. The number of nitrogens with zero attached hydrogens (tertiary/aromatic N) is 1. The Morgan fingerprint density at radius 1 is 1.40 bits per heavy atom. The second kappa shape index (κ2) is 6.56. The molecule has 0 aliphatic heterocycles. The largest absolute Gasteiger partial charge is 0.478 e. The number of thiophene rings is 1. The van der Waals surface area contributed by atoms with Gasteiger partial charge >= 0.3 is 12.0 Å². The Kier molecular flexibility index (Phi) is 5.33. The van der Waals surface area contributed by atoms with Crippen LogP contribution < -0.4 is 5.32 Å². The fourth-order valence-corrected chi connectivity index (χ4v) is 2.84.